The molecule has 16 heavy (non-hydrogen) atoms. The summed E-state index contributed by atoms with van der Waals surface area (Å²) < 4.78 is 0. The number of hydrogen-bond donors (Lipinski definition) is 0. The Hall–Kier alpha value is -1.31. The molecule has 0 aromatic heterocycles. The topological polar surface area (TPSA) is 20.3 Å². The average Bonchev–Trinajstić information content (AvgIpc) is 2.39. The molecular formula is C14H19NO. The largest absolute Gasteiger partial charge is 0.309 e. The van der Waals surface area contributed by atoms with Crippen LogP contribution in [0.25, 0.3) is 0 Å². The van der Waals surface area contributed by atoms with Gasteiger partial charge in [-0.05, 0) is 31.4 Å². The zero-order chi connectivity index (χ0) is 11.9. The molecule has 0 spiro atoms. The lowest BCUT2D eigenvalue weighted by Crippen LogP contribution is -2.35. The van der Waals surface area contributed by atoms with E-state index in [-0.39, 0.29) is 17.4 Å². The first-order valence-corrected chi connectivity index (χ1v) is 5.80. The average molecular weight is 217 g/mol. The molecule has 0 saturated carbocycles. The predicted molar refractivity (Wildman–Crippen MR) is 66.5 cm³/mol. The highest BCUT2D eigenvalue weighted by Gasteiger charge is 2.43. The SMILES string of the molecule is Cc1ccc(N2C(=O)CC(C)(C)C2C)cc1. The van der Waals surface area contributed by atoms with Crippen LogP contribution in [0, 0.1) is 12.3 Å². The van der Waals surface area contributed by atoms with Gasteiger partial charge in [0.1, 0.15) is 0 Å². The fourth-order valence-electron chi connectivity index (χ4n) is 2.26. The fourth-order valence-corrected chi connectivity index (χ4v) is 2.26. The number of nitrogens with zero attached hydrogens (tertiary/aromatic N) is 1. The van der Waals surface area contributed by atoms with E-state index >= 15 is 0 Å². The lowest BCUT2D eigenvalue weighted by Gasteiger charge is -2.29. The normalized spacial score (nSPS) is 23.9. The highest BCUT2D eigenvalue weighted by molar-refractivity contribution is 5.97. The zero-order valence-electron chi connectivity index (χ0n) is 10.4. The van der Waals surface area contributed by atoms with Gasteiger partial charge in [-0.1, -0.05) is 31.5 Å². The van der Waals surface area contributed by atoms with Gasteiger partial charge in [0.05, 0.1) is 0 Å². The Morgan fingerprint density at radius 3 is 2.25 bits per heavy atom. The number of carbonyl (C=O) groups is 1. The summed E-state index contributed by atoms with van der Waals surface area (Å²) in [4.78, 5) is 13.9. The summed E-state index contributed by atoms with van der Waals surface area (Å²) in [5.74, 6) is 0.237. The van der Waals surface area contributed by atoms with Gasteiger partial charge in [-0.2, -0.15) is 0 Å². The van der Waals surface area contributed by atoms with Crippen LogP contribution < -0.4 is 4.90 Å². The second-order valence-corrected chi connectivity index (χ2v) is 5.44. The van der Waals surface area contributed by atoms with Crippen LogP contribution in [0.2, 0.25) is 0 Å². The van der Waals surface area contributed by atoms with Crippen LogP contribution in [-0.2, 0) is 4.79 Å². The molecular weight excluding hydrogens is 198 g/mol. The summed E-state index contributed by atoms with van der Waals surface area (Å²) in [6, 6.07) is 8.44. The van der Waals surface area contributed by atoms with Crippen molar-refractivity contribution >= 4 is 11.6 Å². The number of carbonyl (C=O) groups excluding carboxylic acids is 1. The second-order valence-electron chi connectivity index (χ2n) is 5.44. The molecule has 1 aliphatic heterocycles. The number of amides is 1. The highest BCUT2D eigenvalue weighted by Crippen LogP contribution is 2.39. The molecule has 0 N–H and O–H groups in total. The maximum Gasteiger partial charge on any atom is 0.227 e. The van der Waals surface area contributed by atoms with E-state index in [4.69, 9.17) is 0 Å². The highest BCUT2D eigenvalue weighted by atomic mass is 16.2. The molecule has 1 unspecified atom stereocenters. The van der Waals surface area contributed by atoms with E-state index in [0.29, 0.717) is 6.42 Å². The van der Waals surface area contributed by atoms with Gasteiger partial charge in [-0.15, -0.1) is 0 Å². The van der Waals surface area contributed by atoms with Gasteiger partial charge in [-0.3, -0.25) is 4.79 Å². The Morgan fingerprint density at radius 2 is 1.81 bits per heavy atom. The quantitative estimate of drug-likeness (QED) is 0.707. The van der Waals surface area contributed by atoms with Crippen LogP contribution in [0.1, 0.15) is 32.8 Å². The Balaban J connectivity index is 2.35. The summed E-state index contributed by atoms with van der Waals surface area (Å²) in [6.45, 7) is 8.50. The number of rotatable bonds is 1. The van der Waals surface area contributed by atoms with Gasteiger partial charge >= 0.3 is 0 Å². The maximum absolute atomic E-state index is 12.0. The Labute approximate surface area is 97.3 Å². The Morgan fingerprint density at radius 1 is 1.25 bits per heavy atom. The first kappa shape index (κ1) is 11.2. The van der Waals surface area contributed by atoms with Crippen LogP contribution in [0.4, 0.5) is 5.69 Å². The first-order valence-electron chi connectivity index (χ1n) is 5.80. The van der Waals surface area contributed by atoms with E-state index in [0.717, 1.165) is 5.69 Å². The number of benzene rings is 1. The minimum atomic E-state index is 0.0714. The number of aryl methyl sites for hydroxylation is 1. The van der Waals surface area contributed by atoms with Gasteiger partial charge in [0.2, 0.25) is 5.91 Å². The van der Waals surface area contributed by atoms with E-state index in [1.54, 1.807) is 0 Å². The summed E-state index contributed by atoms with van der Waals surface area (Å²) in [5.41, 5.74) is 2.32. The Kier molecular flexibility index (Phi) is 2.53. The second kappa shape index (κ2) is 3.62. The van der Waals surface area contributed by atoms with Crippen LogP contribution in [0.15, 0.2) is 24.3 Å². The molecule has 2 heteroatoms. The predicted octanol–water partition coefficient (Wildman–Crippen LogP) is 3.15. The van der Waals surface area contributed by atoms with Crippen LogP contribution >= 0.6 is 0 Å². The van der Waals surface area contributed by atoms with Crippen molar-refractivity contribution in [1.82, 2.24) is 0 Å². The molecule has 2 rings (SSSR count). The summed E-state index contributed by atoms with van der Waals surface area (Å²) in [5, 5.41) is 0. The molecule has 1 fully saturated rings. The van der Waals surface area contributed by atoms with E-state index in [1.165, 1.54) is 5.56 Å². The lowest BCUT2D eigenvalue weighted by atomic mass is 9.86. The standard InChI is InChI=1S/C14H19NO/c1-10-5-7-12(8-6-10)15-11(2)14(3,4)9-13(15)16/h5-8,11H,9H2,1-4H3. The third-order valence-electron chi connectivity index (χ3n) is 3.71. The smallest absolute Gasteiger partial charge is 0.227 e. The van der Waals surface area contributed by atoms with Crippen molar-refractivity contribution in [1.29, 1.82) is 0 Å². The zero-order valence-corrected chi connectivity index (χ0v) is 10.4. The van der Waals surface area contributed by atoms with Crippen molar-refractivity contribution in [3.63, 3.8) is 0 Å². The number of hydrogen-bond acceptors (Lipinski definition) is 1. The molecule has 1 atom stereocenters. The van der Waals surface area contributed by atoms with Gasteiger partial charge in [0.15, 0.2) is 0 Å². The fraction of sp³-hybridized carbons (Fsp3) is 0.500. The van der Waals surface area contributed by atoms with Crippen LogP contribution in [0.3, 0.4) is 0 Å². The Bertz CT molecular complexity index is 405. The molecule has 0 radical (unpaired) electrons. The summed E-state index contributed by atoms with van der Waals surface area (Å²) in [6.07, 6.45) is 0.641. The van der Waals surface area contributed by atoms with Gasteiger partial charge in [-0.25, -0.2) is 0 Å². The molecule has 1 aromatic rings. The monoisotopic (exact) mass is 217 g/mol. The molecule has 2 nitrogen and oxygen atoms in total. The van der Waals surface area contributed by atoms with E-state index in [1.807, 2.05) is 17.0 Å². The van der Waals surface area contributed by atoms with Gasteiger partial charge in [0.25, 0.3) is 0 Å². The van der Waals surface area contributed by atoms with Crippen LogP contribution in [-0.4, -0.2) is 11.9 Å². The number of anilines is 1. The molecule has 0 aliphatic carbocycles. The summed E-state index contributed by atoms with van der Waals surface area (Å²) >= 11 is 0. The van der Waals surface area contributed by atoms with Crippen molar-refractivity contribution in [2.24, 2.45) is 5.41 Å². The van der Waals surface area contributed by atoms with Gasteiger partial charge in [0, 0.05) is 18.2 Å². The maximum atomic E-state index is 12.0. The summed E-state index contributed by atoms with van der Waals surface area (Å²) in [7, 11) is 0. The molecule has 86 valence electrons. The first-order chi connectivity index (χ1) is 7.42. The van der Waals surface area contributed by atoms with Crippen LogP contribution in [0.5, 0.6) is 0 Å². The van der Waals surface area contributed by atoms with Crippen molar-refractivity contribution in [2.75, 3.05) is 4.90 Å². The van der Waals surface area contributed by atoms with Crippen molar-refractivity contribution in [3.8, 4) is 0 Å². The molecule has 1 saturated heterocycles. The lowest BCUT2D eigenvalue weighted by molar-refractivity contribution is -0.117. The minimum absolute atomic E-state index is 0.0714. The third kappa shape index (κ3) is 1.73. The molecule has 1 heterocycles. The molecule has 0 bridgehead atoms. The molecule has 1 aliphatic rings. The third-order valence-corrected chi connectivity index (χ3v) is 3.71. The molecule has 1 aromatic carbocycles. The van der Waals surface area contributed by atoms with E-state index in [9.17, 15) is 4.79 Å². The van der Waals surface area contributed by atoms with Crippen molar-refractivity contribution in [3.05, 3.63) is 29.8 Å². The minimum Gasteiger partial charge on any atom is -0.309 e. The molecule has 1 amide bonds. The van der Waals surface area contributed by atoms with E-state index < -0.39 is 0 Å². The van der Waals surface area contributed by atoms with E-state index in [2.05, 4.69) is 39.8 Å². The van der Waals surface area contributed by atoms with Crippen molar-refractivity contribution in [2.45, 2.75) is 40.2 Å². The van der Waals surface area contributed by atoms with Gasteiger partial charge < -0.3 is 4.90 Å². The van der Waals surface area contributed by atoms with Crippen molar-refractivity contribution < 1.29 is 4.79 Å².